The van der Waals surface area contributed by atoms with Gasteiger partial charge in [0.1, 0.15) is 6.10 Å². The van der Waals surface area contributed by atoms with Crippen LogP contribution in [0.5, 0.6) is 0 Å². The van der Waals surface area contributed by atoms with Gasteiger partial charge in [0, 0.05) is 13.0 Å². The Morgan fingerprint density at radius 3 is 2.50 bits per heavy atom. The predicted octanol–water partition coefficient (Wildman–Crippen LogP) is 6.58. The molecule has 0 aliphatic heterocycles. The molecule has 0 aromatic carbocycles. The average Bonchev–Trinajstić information content (AvgIpc) is 3.15. The largest absolute Gasteiger partial charge is 0.462 e. The van der Waals surface area contributed by atoms with Crippen molar-refractivity contribution in [1.82, 2.24) is 0 Å². The molecule has 3 fully saturated rings. The van der Waals surface area contributed by atoms with Gasteiger partial charge in [-0.25, -0.2) is 0 Å². The minimum Gasteiger partial charge on any atom is -0.462 e. The Bertz CT molecular complexity index is 871. The quantitative estimate of drug-likeness (QED) is 0.219. The van der Waals surface area contributed by atoms with Crippen molar-refractivity contribution in [2.75, 3.05) is 6.61 Å². The number of allylic oxidation sites excluding steroid dienone is 1. The van der Waals surface area contributed by atoms with E-state index in [0.29, 0.717) is 5.41 Å². The monoisotopic (exact) mass is 532 g/mol. The summed E-state index contributed by atoms with van der Waals surface area (Å²) in [4.78, 5) is 12.5. The lowest BCUT2D eigenvalue weighted by atomic mass is 9.47. The van der Waals surface area contributed by atoms with Crippen molar-refractivity contribution in [1.29, 1.82) is 0 Å². The Hall–Kier alpha value is -0.910. The van der Waals surface area contributed by atoms with Crippen molar-refractivity contribution in [3.63, 3.8) is 0 Å². The van der Waals surface area contributed by atoms with E-state index in [1.165, 1.54) is 44.1 Å². The molecule has 0 aromatic rings. The van der Waals surface area contributed by atoms with Crippen molar-refractivity contribution in [3.05, 3.63) is 11.6 Å². The van der Waals surface area contributed by atoms with Crippen LogP contribution in [0, 0.1) is 40.4 Å². The van der Waals surface area contributed by atoms with Gasteiger partial charge in [-0.05, 0) is 119 Å². The molecule has 4 aliphatic carbocycles. The highest BCUT2D eigenvalue weighted by Crippen LogP contribution is 2.67. The van der Waals surface area contributed by atoms with Crippen LogP contribution in [0.15, 0.2) is 11.6 Å². The number of hydrogen-bond acceptors (Lipinski definition) is 5. The first-order valence-corrected chi connectivity index (χ1v) is 15.6. The van der Waals surface area contributed by atoms with Gasteiger partial charge in [0.25, 0.3) is 0 Å². The maximum absolute atomic E-state index is 12.5. The SMILES string of the molecule is C[C@H](CCCC(C)(C)O)[C@H]1CC[C@H]2[C@@H]3CC=C4CC(OC(=O)CC(C)(O)CCO)CC[C@]4(C)[C@H]3CC[C@]12C. The molecule has 3 saturated carbocycles. The Balaban J connectivity index is 1.39. The second kappa shape index (κ2) is 11.2. The fourth-order valence-corrected chi connectivity index (χ4v) is 9.63. The van der Waals surface area contributed by atoms with Crippen molar-refractivity contribution in [2.24, 2.45) is 40.4 Å². The highest BCUT2D eigenvalue weighted by Gasteiger charge is 2.59. The van der Waals surface area contributed by atoms with Crippen molar-refractivity contribution < 1.29 is 24.9 Å². The van der Waals surface area contributed by atoms with Gasteiger partial charge in [-0.1, -0.05) is 45.3 Å². The van der Waals surface area contributed by atoms with Crippen LogP contribution < -0.4 is 0 Å². The Labute approximate surface area is 231 Å². The number of carbonyl (C=O) groups is 1. The zero-order valence-corrected chi connectivity index (χ0v) is 25.1. The molecule has 218 valence electrons. The summed E-state index contributed by atoms with van der Waals surface area (Å²) in [6.45, 7) is 12.9. The molecular weight excluding hydrogens is 476 g/mol. The summed E-state index contributed by atoms with van der Waals surface area (Å²) in [5.41, 5.74) is 0.384. The maximum Gasteiger partial charge on any atom is 0.308 e. The normalized spacial score (nSPS) is 39.3. The van der Waals surface area contributed by atoms with Crippen molar-refractivity contribution in [3.8, 4) is 0 Å². The molecule has 0 amide bonds. The highest BCUT2D eigenvalue weighted by atomic mass is 16.5. The Kier molecular flexibility index (Phi) is 8.83. The topological polar surface area (TPSA) is 87.0 Å². The summed E-state index contributed by atoms with van der Waals surface area (Å²) in [5, 5.41) is 29.6. The summed E-state index contributed by atoms with van der Waals surface area (Å²) in [6.07, 6.45) is 15.1. The van der Waals surface area contributed by atoms with E-state index in [0.717, 1.165) is 61.7 Å². The van der Waals surface area contributed by atoms with Crippen LogP contribution in [0.4, 0.5) is 0 Å². The van der Waals surface area contributed by atoms with Crippen molar-refractivity contribution in [2.45, 2.75) is 142 Å². The fraction of sp³-hybridized carbons (Fsp3) is 0.909. The standard InChI is InChI=1S/C33H56O5/c1-22(8-7-15-30(2,3)36)26-11-12-27-25-10-9-23-20-24(38-29(35)21-31(4,37)18-19-34)13-16-32(23,5)28(25)14-17-33(26,27)6/h9,22,24-28,34,36-37H,7-8,10-21H2,1-6H3/t22-,24?,25+,26-,27+,28+,31?,32+,33-/m1/s1. The predicted molar refractivity (Wildman–Crippen MR) is 151 cm³/mol. The van der Waals surface area contributed by atoms with Gasteiger partial charge < -0.3 is 20.1 Å². The molecule has 0 saturated heterocycles. The zero-order valence-electron chi connectivity index (χ0n) is 25.1. The number of fused-ring (bicyclic) bond motifs is 5. The molecule has 0 aromatic heterocycles. The van der Waals surface area contributed by atoms with Crippen LogP contribution in [-0.4, -0.2) is 45.2 Å². The molecule has 5 heteroatoms. The number of aliphatic hydroxyl groups excluding tert-OH is 1. The zero-order chi connectivity index (χ0) is 27.9. The van der Waals surface area contributed by atoms with E-state index in [4.69, 9.17) is 9.84 Å². The molecule has 38 heavy (non-hydrogen) atoms. The summed E-state index contributed by atoms with van der Waals surface area (Å²) >= 11 is 0. The average molecular weight is 533 g/mol. The summed E-state index contributed by atoms with van der Waals surface area (Å²) in [5.74, 6) is 3.47. The van der Waals surface area contributed by atoms with E-state index in [9.17, 15) is 15.0 Å². The second-order valence-corrected chi connectivity index (χ2v) is 15.2. The van der Waals surface area contributed by atoms with Gasteiger partial charge >= 0.3 is 5.97 Å². The lowest BCUT2D eigenvalue weighted by molar-refractivity contribution is -0.156. The third-order valence-corrected chi connectivity index (χ3v) is 11.7. The van der Waals surface area contributed by atoms with E-state index in [1.54, 1.807) is 6.92 Å². The first-order valence-electron chi connectivity index (χ1n) is 15.6. The smallest absolute Gasteiger partial charge is 0.308 e. The third-order valence-electron chi connectivity index (χ3n) is 11.7. The maximum atomic E-state index is 12.5. The molecule has 2 unspecified atom stereocenters. The minimum atomic E-state index is -1.22. The molecule has 4 rings (SSSR count). The van der Waals surface area contributed by atoms with Gasteiger partial charge in [0.15, 0.2) is 0 Å². The van der Waals surface area contributed by atoms with Crippen LogP contribution in [0.3, 0.4) is 0 Å². The number of carbonyl (C=O) groups excluding carboxylic acids is 1. The third kappa shape index (κ3) is 6.20. The summed E-state index contributed by atoms with van der Waals surface area (Å²) in [7, 11) is 0. The number of aliphatic hydroxyl groups is 3. The van der Waals surface area contributed by atoms with Crippen LogP contribution >= 0.6 is 0 Å². The Morgan fingerprint density at radius 1 is 1.08 bits per heavy atom. The van der Waals surface area contributed by atoms with Gasteiger partial charge in [-0.2, -0.15) is 0 Å². The van der Waals surface area contributed by atoms with E-state index < -0.39 is 11.2 Å². The van der Waals surface area contributed by atoms with E-state index in [2.05, 4.69) is 26.8 Å². The molecular formula is C33H56O5. The number of ether oxygens (including phenoxy) is 1. The molecule has 0 heterocycles. The lowest BCUT2D eigenvalue weighted by Crippen LogP contribution is -2.51. The van der Waals surface area contributed by atoms with Gasteiger partial charge in [0.2, 0.25) is 0 Å². The molecule has 0 bridgehead atoms. The molecule has 0 radical (unpaired) electrons. The summed E-state index contributed by atoms with van der Waals surface area (Å²) in [6, 6.07) is 0. The van der Waals surface area contributed by atoms with Gasteiger partial charge in [-0.15, -0.1) is 0 Å². The molecule has 9 atom stereocenters. The van der Waals surface area contributed by atoms with Crippen LogP contribution in [-0.2, 0) is 9.53 Å². The second-order valence-electron chi connectivity index (χ2n) is 15.2. The van der Waals surface area contributed by atoms with E-state index >= 15 is 0 Å². The van der Waals surface area contributed by atoms with Crippen molar-refractivity contribution >= 4 is 5.97 Å². The van der Waals surface area contributed by atoms with E-state index in [-0.39, 0.29) is 36.9 Å². The number of hydrogen-bond donors (Lipinski definition) is 3. The fourth-order valence-electron chi connectivity index (χ4n) is 9.63. The van der Waals surface area contributed by atoms with Crippen LogP contribution in [0.2, 0.25) is 0 Å². The number of rotatable bonds is 10. The summed E-state index contributed by atoms with van der Waals surface area (Å²) < 4.78 is 5.85. The van der Waals surface area contributed by atoms with Crippen LogP contribution in [0.1, 0.15) is 125 Å². The lowest BCUT2D eigenvalue weighted by Gasteiger charge is -2.58. The molecule has 0 spiro atoms. The van der Waals surface area contributed by atoms with Gasteiger partial charge in [-0.3, -0.25) is 4.79 Å². The first-order chi connectivity index (χ1) is 17.7. The number of esters is 1. The molecule has 4 aliphatic rings. The first kappa shape index (κ1) is 30.1. The highest BCUT2D eigenvalue weighted by molar-refractivity contribution is 5.70. The molecule has 3 N–H and O–H groups in total. The van der Waals surface area contributed by atoms with Gasteiger partial charge in [0.05, 0.1) is 17.6 Å². The minimum absolute atomic E-state index is 0.0668. The Morgan fingerprint density at radius 2 is 1.82 bits per heavy atom. The van der Waals surface area contributed by atoms with Crippen LogP contribution in [0.25, 0.3) is 0 Å². The molecule has 5 nitrogen and oxygen atoms in total. The van der Waals surface area contributed by atoms with E-state index in [1.807, 2.05) is 13.8 Å².